The van der Waals surface area contributed by atoms with Crippen LogP contribution in [0.5, 0.6) is 17.2 Å². The van der Waals surface area contributed by atoms with Gasteiger partial charge in [0.25, 0.3) is 0 Å². The summed E-state index contributed by atoms with van der Waals surface area (Å²) < 4.78 is 18.4. The largest absolute Gasteiger partial charge is 0.493 e. The van der Waals surface area contributed by atoms with Crippen LogP contribution in [0.15, 0.2) is 48.7 Å². The Bertz CT molecular complexity index is 1340. The maximum absolute atomic E-state index is 13.1. The van der Waals surface area contributed by atoms with Gasteiger partial charge in [0.05, 0.1) is 38.3 Å². The predicted octanol–water partition coefficient (Wildman–Crippen LogP) is 4.64. The fraction of sp³-hybridized carbons (Fsp3) is 0.269. The third-order valence-corrected chi connectivity index (χ3v) is 6.31. The number of aryl methyl sites for hydroxylation is 1. The van der Waals surface area contributed by atoms with Crippen molar-refractivity contribution in [3.8, 4) is 28.4 Å². The zero-order valence-electron chi connectivity index (χ0n) is 19.1. The molecule has 0 N–H and O–H groups in total. The highest BCUT2D eigenvalue weighted by Gasteiger charge is 2.31. The van der Waals surface area contributed by atoms with Crippen LogP contribution in [0.3, 0.4) is 0 Å². The third-order valence-electron chi connectivity index (χ3n) is 6.31. The Balaban J connectivity index is 1.63. The van der Waals surface area contributed by atoms with Gasteiger partial charge in [-0.2, -0.15) is 5.10 Å². The minimum atomic E-state index is -0.0472. The molecule has 1 aliphatic rings. The smallest absolute Gasteiger partial charge is 0.203 e. The van der Waals surface area contributed by atoms with E-state index in [0.717, 1.165) is 33.7 Å². The summed E-state index contributed by atoms with van der Waals surface area (Å²) in [5.74, 6) is 1.69. The Kier molecular flexibility index (Phi) is 5.24. The molecule has 1 aliphatic carbocycles. The van der Waals surface area contributed by atoms with Crippen LogP contribution in [0.1, 0.15) is 39.6 Å². The van der Waals surface area contributed by atoms with Crippen molar-refractivity contribution < 1.29 is 19.0 Å². The zero-order valence-corrected chi connectivity index (χ0v) is 19.1. The first kappa shape index (κ1) is 21.0. The minimum absolute atomic E-state index is 0.0472. The van der Waals surface area contributed by atoms with Gasteiger partial charge in [-0.3, -0.25) is 4.79 Å². The lowest BCUT2D eigenvalue weighted by atomic mass is 9.82. The lowest BCUT2D eigenvalue weighted by Gasteiger charge is -2.25. The van der Waals surface area contributed by atoms with Crippen molar-refractivity contribution in [1.29, 1.82) is 0 Å². The molecule has 0 fully saturated rings. The van der Waals surface area contributed by atoms with Gasteiger partial charge in [-0.15, -0.1) is 0 Å². The van der Waals surface area contributed by atoms with Crippen LogP contribution in [-0.2, 0) is 6.42 Å². The Morgan fingerprint density at radius 1 is 0.970 bits per heavy atom. The lowest BCUT2D eigenvalue weighted by Crippen LogP contribution is -2.22. The second kappa shape index (κ2) is 8.24. The molecule has 2 aromatic heterocycles. The summed E-state index contributed by atoms with van der Waals surface area (Å²) >= 11 is 0. The van der Waals surface area contributed by atoms with Crippen LogP contribution in [0, 0.1) is 6.92 Å². The van der Waals surface area contributed by atoms with Crippen LogP contribution in [-0.4, -0.2) is 41.7 Å². The van der Waals surface area contributed by atoms with Crippen LogP contribution in [0.25, 0.3) is 16.8 Å². The molecule has 0 radical (unpaired) electrons. The summed E-state index contributed by atoms with van der Waals surface area (Å²) in [7, 11) is 4.76. The first-order valence-electron chi connectivity index (χ1n) is 10.8. The van der Waals surface area contributed by atoms with E-state index in [0.29, 0.717) is 35.7 Å². The van der Waals surface area contributed by atoms with Crippen molar-refractivity contribution in [2.75, 3.05) is 21.3 Å². The van der Waals surface area contributed by atoms with Gasteiger partial charge in [-0.1, -0.05) is 30.3 Å². The predicted molar refractivity (Wildman–Crippen MR) is 125 cm³/mol. The summed E-state index contributed by atoms with van der Waals surface area (Å²) in [4.78, 5) is 17.8. The number of rotatable bonds is 5. The molecule has 0 spiro atoms. The van der Waals surface area contributed by atoms with Crippen LogP contribution in [0.2, 0.25) is 0 Å². The molecule has 2 heterocycles. The standard InChI is InChI=1S/C26H25N3O4/c1-15-24(16-8-6-5-7-9-16)26-27-14-19-20(29(26)28-15)10-17(11-21(19)30)18-12-22(31-2)25(33-4)23(13-18)32-3/h5-9,12-14,17H,10-11H2,1-4H3. The Morgan fingerprint density at radius 2 is 1.67 bits per heavy atom. The molecule has 0 aliphatic heterocycles. The third kappa shape index (κ3) is 3.40. The highest BCUT2D eigenvalue weighted by Crippen LogP contribution is 2.43. The van der Waals surface area contributed by atoms with Gasteiger partial charge in [-0.05, 0) is 42.5 Å². The molecule has 0 amide bonds. The maximum Gasteiger partial charge on any atom is 0.203 e. The number of ether oxygens (including phenoxy) is 3. The fourth-order valence-electron chi connectivity index (χ4n) is 4.72. The van der Waals surface area contributed by atoms with Gasteiger partial charge >= 0.3 is 0 Å². The first-order valence-corrected chi connectivity index (χ1v) is 10.8. The molecule has 168 valence electrons. The molecule has 0 saturated heterocycles. The number of hydrogen-bond acceptors (Lipinski definition) is 6. The van der Waals surface area contributed by atoms with Crippen molar-refractivity contribution in [3.63, 3.8) is 0 Å². The van der Waals surface area contributed by atoms with Crippen molar-refractivity contribution in [2.24, 2.45) is 0 Å². The van der Waals surface area contributed by atoms with Crippen molar-refractivity contribution in [2.45, 2.75) is 25.7 Å². The highest BCUT2D eigenvalue weighted by atomic mass is 16.5. The van der Waals surface area contributed by atoms with Crippen LogP contribution < -0.4 is 14.2 Å². The fourth-order valence-corrected chi connectivity index (χ4v) is 4.72. The van der Waals surface area contributed by atoms with E-state index < -0.39 is 0 Å². The average Bonchev–Trinajstić information content (AvgIpc) is 3.19. The van der Waals surface area contributed by atoms with E-state index in [1.807, 2.05) is 41.8 Å². The second-order valence-corrected chi connectivity index (χ2v) is 8.17. The number of Topliss-reactive ketones (excluding diaryl/α,β-unsaturated/α-hetero) is 1. The Labute approximate surface area is 191 Å². The first-order chi connectivity index (χ1) is 16.0. The molecule has 5 rings (SSSR count). The zero-order chi connectivity index (χ0) is 23.1. The summed E-state index contributed by atoms with van der Waals surface area (Å²) in [6.45, 7) is 1.98. The molecule has 0 bridgehead atoms. The number of carbonyl (C=O) groups is 1. The lowest BCUT2D eigenvalue weighted by molar-refractivity contribution is 0.0962. The highest BCUT2D eigenvalue weighted by molar-refractivity contribution is 5.99. The van der Waals surface area contributed by atoms with Gasteiger partial charge in [0.1, 0.15) is 0 Å². The van der Waals surface area contributed by atoms with Gasteiger partial charge in [0.15, 0.2) is 22.9 Å². The summed E-state index contributed by atoms with van der Waals surface area (Å²) in [5.41, 5.74) is 6.15. The van der Waals surface area contributed by atoms with Gasteiger partial charge < -0.3 is 14.2 Å². The van der Waals surface area contributed by atoms with E-state index in [9.17, 15) is 4.79 Å². The minimum Gasteiger partial charge on any atom is -0.493 e. The van der Waals surface area contributed by atoms with E-state index in [1.54, 1.807) is 27.5 Å². The average molecular weight is 444 g/mol. The molecule has 1 unspecified atom stereocenters. The number of nitrogens with zero attached hydrogens (tertiary/aromatic N) is 3. The summed E-state index contributed by atoms with van der Waals surface area (Å²) in [6, 6.07) is 13.9. The van der Waals surface area contributed by atoms with Crippen LogP contribution >= 0.6 is 0 Å². The van der Waals surface area contributed by atoms with Gasteiger partial charge in [-0.25, -0.2) is 9.50 Å². The molecule has 33 heavy (non-hydrogen) atoms. The molecule has 2 aromatic carbocycles. The number of fused-ring (bicyclic) bond motifs is 3. The van der Waals surface area contributed by atoms with Crippen molar-refractivity contribution in [1.82, 2.24) is 14.6 Å². The molecule has 7 nitrogen and oxygen atoms in total. The molecule has 7 heteroatoms. The van der Waals surface area contributed by atoms with Crippen molar-refractivity contribution >= 4 is 11.4 Å². The topological polar surface area (TPSA) is 75.0 Å². The Morgan fingerprint density at radius 3 is 2.30 bits per heavy atom. The van der Waals surface area contributed by atoms with Gasteiger partial charge in [0, 0.05) is 18.2 Å². The number of carbonyl (C=O) groups excluding carboxylic acids is 1. The number of ketones is 1. The number of hydrogen-bond donors (Lipinski definition) is 0. The van der Waals surface area contributed by atoms with Gasteiger partial charge in [0.2, 0.25) is 5.75 Å². The van der Waals surface area contributed by atoms with Crippen LogP contribution in [0.4, 0.5) is 0 Å². The number of benzene rings is 2. The normalized spacial score (nSPS) is 15.4. The molecule has 1 atom stereocenters. The van der Waals surface area contributed by atoms with E-state index in [-0.39, 0.29) is 11.7 Å². The molecular formula is C26H25N3O4. The maximum atomic E-state index is 13.1. The van der Waals surface area contributed by atoms with E-state index >= 15 is 0 Å². The van der Waals surface area contributed by atoms with Crippen molar-refractivity contribution in [3.05, 3.63) is 71.2 Å². The molecule has 4 aromatic rings. The quantitative estimate of drug-likeness (QED) is 0.447. The summed E-state index contributed by atoms with van der Waals surface area (Å²) in [6.07, 6.45) is 2.73. The van der Waals surface area contributed by atoms with E-state index in [4.69, 9.17) is 19.3 Å². The number of methoxy groups -OCH3 is 3. The Hall–Kier alpha value is -3.87. The molecular weight excluding hydrogens is 418 g/mol. The summed E-state index contributed by atoms with van der Waals surface area (Å²) in [5, 5.41) is 4.79. The second-order valence-electron chi connectivity index (χ2n) is 8.17. The van der Waals surface area contributed by atoms with E-state index in [2.05, 4.69) is 17.1 Å². The SMILES string of the molecule is COc1cc(C2CC(=O)c3cnc4c(-c5ccccc5)c(C)nn4c3C2)cc(OC)c1OC. The monoisotopic (exact) mass is 443 g/mol. The molecule has 0 saturated carbocycles. The van der Waals surface area contributed by atoms with E-state index in [1.165, 1.54) is 0 Å². The number of aromatic nitrogens is 3.